The predicted molar refractivity (Wildman–Crippen MR) is 30.3 cm³/mol. The van der Waals surface area contributed by atoms with Crippen LogP contribution in [-0.2, 0) is 14.4 Å². The van der Waals surface area contributed by atoms with Crippen molar-refractivity contribution in [2.45, 2.75) is 0 Å². The van der Waals surface area contributed by atoms with Gasteiger partial charge in [0.2, 0.25) is 0 Å². The molecule has 0 fully saturated rings. The Bertz CT molecular complexity index is 128. The van der Waals surface area contributed by atoms with Gasteiger partial charge in [-0.1, -0.05) is 0 Å². The Balaban J connectivity index is -0.0000000546. The summed E-state index contributed by atoms with van der Waals surface area (Å²) >= 11 is 0. The maximum Gasteiger partial charge on any atom is 1.00 e. The summed E-state index contributed by atoms with van der Waals surface area (Å²) in [6.07, 6.45) is 0. The van der Waals surface area contributed by atoms with Gasteiger partial charge in [-0.25, -0.2) is 14.4 Å². The van der Waals surface area contributed by atoms with Crippen molar-refractivity contribution in [3.05, 3.63) is 0 Å². The minimum atomic E-state index is -2.06. The number of carbonyl (C=O) groups is 2. The second-order valence-electron chi connectivity index (χ2n) is 1.04. The van der Waals surface area contributed by atoms with Gasteiger partial charge in [0.25, 0.3) is 0 Å². The molecule has 0 aliphatic heterocycles. The van der Waals surface area contributed by atoms with Crippen LogP contribution >= 0.6 is 0 Å². The molecule has 0 heterocycles. The first-order chi connectivity index (χ1) is 4.91. The average molecular weight is 192 g/mol. The van der Waals surface area contributed by atoms with Gasteiger partial charge in [0.15, 0.2) is 0 Å². The first-order valence-electron chi connectivity index (χ1n) is 2.04. The molecule has 10 heteroatoms. The van der Waals surface area contributed by atoms with Gasteiger partial charge in [0, 0.05) is 0 Å². The minimum Gasteiger partial charge on any atom is -1.00 e. The Morgan fingerprint density at radius 3 is 1.33 bits per heavy atom. The second-order valence-corrected chi connectivity index (χ2v) is 1.04. The first-order valence-corrected chi connectivity index (χ1v) is 2.04. The molecule has 0 rings (SSSR count). The molecule has 0 spiro atoms. The summed E-state index contributed by atoms with van der Waals surface area (Å²) in [7, 11) is -2.06. The zero-order chi connectivity index (χ0) is 9.44. The van der Waals surface area contributed by atoms with Crippen molar-refractivity contribution >= 4 is 19.3 Å². The van der Waals surface area contributed by atoms with Crippen LogP contribution in [0.15, 0.2) is 0 Å². The first kappa shape index (κ1) is 17.8. The van der Waals surface area contributed by atoms with Crippen molar-refractivity contribution in [2.24, 2.45) is 0 Å². The Hall–Kier alpha value is -0.155. The van der Waals surface area contributed by atoms with Gasteiger partial charge < -0.3 is 21.7 Å². The Kier molecular flexibility index (Phi) is 16.1. The van der Waals surface area contributed by atoms with Crippen molar-refractivity contribution in [3.63, 3.8) is 0 Å². The molecule has 0 aromatic rings. The number of carboxylic acid groups (broad SMARTS) is 2. The molecule has 8 nitrogen and oxygen atoms in total. The Labute approximate surface area is 90.3 Å². The third-order valence-electron chi connectivity index (χ3n) is 0.277. The van der Waals surface area contributed by atoms with Crippen molar-refractivity contribution < 1.29 is 70.9 Å². The van der Waals surface area contributed by atoms with Crippen LogP contribution in [0.1, 0.15) is 1.43 Å². The topological polar surface area (TPSA) is 145 Å². The predicted octanol–water partition coefficient (Wildman–Crippen LogP) is -5.28. The van der Waals surface area contributed by atoms with E-state index in [1.807, 2.05) is 0 Å². The fraction of sp³-hybridized carbons (Fsp3) is 0. The van der Waals surface area contributed by atoms with Crippen LogP contribution in [0.3, 0.4) is 0 Å². The molecule has 0 atom stereocenters. The van der Waals surface area contributed by atoms with E-state index in [0.29, 0.717) is 0 Å². The molecule has 5 N–H and O–H groups in total. The minimum absolute atomic E-state index is 0. The molecule has 0 unspecified atom stereocenters. The fourth-order valence-corrected chi connectivity index (χ4v) is 0. The van der Waals surface area contributed by atoms with Crippen LogP contribution in [0.4, 0.5) is 0 Å². The van der Waals surface area contributed by atoms with E-state index in [0.717, 1.165) is 0 Å². The van der Waals surface area contributed by atoms with Crippen LogP contribution in [0.5, 0.6) is 0 Å². The Morgan fingerprint density at radius 1 is 1.17 bits per heavy atom. The number of hydrogen-bond acceptors (Lipinski definition) is 6. The van der Waals surface area contributed by atoms with Gasteiger partial charge in [-0.05, 0) is 0 Å². The molecule has 0 bridgehead atoms. The van der Waals surface area contributed by atoms with E-state index < -0.39 is 19.3 Å². The molecular weight excluding hydrogens is 186 g/mol. The number of rotatable bonds is 1. The fourth-order valence-electron chi connectivity index (χ4n) is 0. The van der Waals surface area contributed by atoms with Gasteiger partial charge in [-0.3, -0.25) is 5.26 Å². The maximum atomic E-state index is 9.10. The van der Waals surface area contributed by atoms with Crippen LogP contribution in [0.2, 0.25) is 0 Å². The molecule has 0 saturated heterocycles. The van der Waals surface area contributed by atoms with Crippen LogP contribution in [0.25, 0.3) is 0 Å². The van der Waals surface area contributed by atoms with Gasteiger partial charge in [0.1, 0.15) is 0 Å². The largest absolute Gasteiger partial charge is 1.00 e. The quantitative estimate of drug-likeness (QED) is 0.120. The zero-order valence-corrected chi connectivity index (χ0v) is 8.04. The van der Waals surface area contributed by atoms with E-state index in [9.17, 15) is 0 Å². The molecule has 0 radical (unpaired) electrons. The summed E-state index contributed by atoms with van der Waals surface area (Å²) < 4.78 is 0. The van der Waals surface area contributed by atoms with E-state index in [1.54, 1.807) is 0 Å². The summed E-state index contributed by atoms with van der Waals surface area (Å²) in [5.41, 5.74) is 0. The second kappa shape index (κ2) is 10.8. The molecule has 0 saturated carbocycles. The summed E-state index contributed by atoms with van der Waals surface area (Å²) in [5, 5.41) is 36.8. The molecule has 12 heavy (non-hydrogen) atoms. The summed E-state index contributed by atoms with van der Waals surface area (Å²) in [6.45, 7) is 0. The van der Waals surface area contributed by atoms with Crippen LogP contribution in [0, 0.1) is 0 Å². The third kappa shape index (κ3) is 22.5. The summed E-state index contributed by atoms with van der Waals surface area (Å²) in [4.78, 5) is 21.1. The molecule has 0 aromatic carbocycles. The molecule has 0 aromatic heterocycles. The maximum absolute atomic E-state index is 9.10. The van der Waals surface area contributed by atoms with Crippen LogP contribution in [-0.4, -0.2) is 44.8 Å². The van der Waals surface area contributed by atoms with Crippen molar-refractivity contribution in [1.82, 2.24) is 0 Å². The summed E-state index contributed by atoms with van der Waals surface area (Å²) in [5.74, 6) is -3.65. The van der Waals surface area contributed by atoms with E-state index in [1.165, 1.54) is 0 Å². The molecule has 0 amide bonds. The zero-order valence-electron chi connectivity index (χ0n) is 7.04. The monoisotopic (exact) mass is 192 g/mol. The summed E-state index contributed by atoms with van der Waals surface area (Å²) in [6, 6.07) is 0. The number of aliphatic carboxylic acids is 2. The number of carboxylic acids is 2. The Morgan fingerprint density at radius 2 is 1.33 bits per heavy atom. The van der Waals surface area contributed by atoms with Crippen molar-refractivity contribution in [1.29, 1.82) is 0 Å². The van der Waals surface area contributed by atoms with E-state index in [-0.39, 0.29) is 31.0 Å². The van der Waals surface area contributed by atoms with Gasteiger partial charge in [-0.2, -0.15) is 0 Å². The average Bonchev–Trinajstić information content (AvgIpc) is 1.89. The van der Waals surface area contributed by atoms with Crippen molar-refractivity contribution in [2.75, 3.05) is 0 Å². The van der Waals surface area contributed by atoms with Gasteiger partial charge in [-0.15, -0.1) is 0 Å². The van der Waals surface area contributed by atoms with E-state index in [2.05, 4.69) is 4.81 Å². The number of hydrogen-bond donors (Lipinski definition) is 5. The molecule has 0 aliphatic rings. The normalized spacial score (nSPS) is 6.92. The third-order valence-corrected chi connectivity index (χ3v) is 0.277. The van der Waals surface area contributed by atoms with E-state index >= 15 is 0 Å². The van der Waals surface area contributed by atoms with Gasteiger partial charge in [0.05, 0.1) is 0 Å². The molecule has 66 valence electrons. The molecule has 0 aliphatic carbocycles. The molecular formula is C2H6BNaO8. The smallest absolute Gasteiger partial charge is 1.00 e. The van der Waals surface area contributed by atoms with E-state index in [4.69, 9.17) is 35.1 Å². The van der Waals surface area contributed by atoms with Crippen LogP contribution < -0.4 is 29.6 Å². The van der Waals surface area contributed by atoms with Gasteiger partial charge >= 0.3 is 48.8 Å². The van der Waals surface area contributed by atoms with Crippen molar-refractivity contribution in [3.8, 4) is 0 Å². The standard InChI is InChI=1S/C2H2O4.BH3O4.Na.H/c3-1(4)2(5)6;2-1(3)5-4;;/h(H,3,4)(H,5,6);2-4H;;/q;;+1;-1. The SMILES string of the molecule is O=C(O)C(=O)O.OOB(O)O.[H-].[Na+].